The second kappa shape index (κ2) is 5.77. The zero-order chi connectivity index (χ0) is 14.0. The standard InChI is InChI=1S/C12H21BrN2O2Si/c1-12(2,3)18(4,5)17-8-10(16)11-14-6-9(13)7-15-11/h6-7,10,16H,8H2,1-5H3. The predicted molar refractivity (Wildman–Crippen MR) is 77.8 cm³/mol. The molecule has 102 valence electrons. The third-order valence-corrected chi connectivity index (χ3v) is 8.26. The van der Waals surface area contributed by atoms with Gasteiger partial charge in [0.2, 0.25) is 0 Å². The highest BCUT2D eigenvalue weighted by atomic mass is 79.9. The van der Waals surface area contributed by atoms with Gasteiger partial charge in [0.25, 0.3) is 0 Å². The van der Waals surface area contributed by atoms with Gasteiger partial charge in [-0.3, -0.25) is 0 Å². The highest BCUT2D eigenvalue weighted by molar-refractivity contribution is 9.10. The van der Waals surface area contributed by atoms with Crippen LogP contribution >= 0.6 is 15.9 Å². The molecule has 1 rings (SSSR count). The lowest BCUT2D eigenvalue weighted by atomic mass is 10.2. The van der Waals surface area contributed by atoms with Gasteiger partial charge in [0.05, 0.1) is 11.1 Å². The van der Waals surface area contributed by atoms with Gasteiger partial charge in [0.15, 0.2) is 14.1 Å². The van der Waals surface area contributed by atoms with Gasteiger partial charge < -0.3 is 9.53 Å². The van der Waals surface area contributed by atoms with Crippen molar-refractivity contribution in [2.24, 2.45) is 0 Å². The summed E-state index contributed by atoms with van der Waals surface area (Å²) in [6.45, 7) is 11.1. The molecule has 1 unspecified atom stereocenters. The zero-order valence-electron chi connectivity index (χ0n) is 11.6. The summed E-state index contributed by atoms with van der Waals surface area (Å²) in [6.07, 6.45) is 2.47. The summed E-state index contributed by atoms with van der Waals surface area (Å²) in [4.78, 5) is 8.14. The summed E-state index contributed by atoms with van der Waals surface area (Å²) in [5.41, 5.74) is 0. The van der Waals surface area contributed by atoms with Gasteiger partial charge in [-0.05, 0) is 34.1 Å². The summed E-state index contributed by atoms with van der Waals surface area (Å²) in [7, 11) is -1.84. The van der Waals surface area contributed by atoms with Crippen LogP contribution in [-0.4, -0.2) is 30.0 Å². The van der Waals surface area contributed by atoms with E-state index in [0.29, 0.717) is 5.82 Å². The zero-order valence-corrected chi connectivity index (χ0v) is 14.2. The van der Waals surface area contributed by atoms with Gasteiger partial charge in [-0.15, -0.1) is 0 Å². The van der Waals surface area contributed by atoms with Crippen LogP contribution in [-0.2, 0) is 4.43 Å². The summed E-state index contributed by atoms with van der Waals surface area (Å²) < 4.78 is 6.73. The number of nitrogens with zero attached hydrogens (tertiary/aromatic N) is 2. The van der Waals surface area contributed by atoms with E-state index in [0.717, 1.165) is 4.47 Å². The summed E-state index contributed by atoms with van der Waals surface area (Å²) in [5, 5.41) is 10.1. The number of hydrogen-bond acceptors (Lipinski definition) is 4. The molecule has 0 bridgehead atoms. The van der Waals surface area contributed by atoms with Crippen LogP contribution in [0, 0.1) is 0 Å². The molecule has 1 aromatic rings. The minimum atomic E-state index is -1.84. The molecule has 0 saturated carbocycles. The first kappa shape index (κ1) is 15.8. The molecule has 6 heteroatoms. The number of aromatic nitrogens is 2. The van der Waals surface area contributed by atoms with Crippen molar-refractivity contribution in [3.63, 3.8) is 0 Å². The molecular weight excluding hydrogens is 312 g/mol. The molecule has 18 heavy (non-hydrogen) atoms. The van der Waals surface area contributed by atoms with Crippen LogP contribution in [0.3, 0.4) is 0 Å². The van der Waals surface area contributed by atoms with E-state index in [-0.39, 0.29) is 11.6 Å². The molecule has 1 heterocycles. The van der Waals surface area contributed by atoms with Crippen LogP contribution in [0.25, 0.3) is 0 Å². The fraction of sp³-hybridized carbons (Fsp3) is 0.667. The van der Waals surface area contributed by atoms with Crippen molar-refractivity contribution < 1.29 is 9.53 Å². The lowest BCUT2D eigenvalue weighted by Gasteiger charge is -2.36. The van der Waals surface area contributed by atoms with Gasteiger partial charge in [0, 0.05) is 12.4 Å². The van der Waals surface area contributed by atoms with Crippen LogP contribution < -0.4 is 0 Å². The van der Waals surface area contributed by atoms with Crippen LogP contribution in [0.2, 0.25) is 18.1 Å². The summed E-state index contributed by atoms with van der Waals surface area (Å²) in [5.74, 6) is 0.400. The number of hydrogen-bond donors (Lipinski definition) is 1. The van der Waals surface area contributed by atoms with Crippen LogP contribution in [0.4, 0.5) is 0 Å². The molecule has 0 amide bonds. The van der Waals surface area contributed by atoms with E-state index < -0.39 is 14.4 Å². The Labute approximate surface area is 118 Å². The first-order valence-electron chi connectivity index (χ1n) is 5.93. The quantitative estimate of drug-likeness (QED) is 0.859. The molecule has 0 fully saturated rings. The van der Waals surface area contributed by atoms with E-state index in [9.17, 15) is 5.11 Å². The molecule has 0 aliphatic heterocycles. The minimum Gasteiger partial charge on any atom is -0.414 e. The number of rotatable bonds is 4. The van der Waals surface area contributed by atoms with Crippen molar-refractivity contribution in [1.82, 2.24) is 9.97 Å². The monoisotopic (exact) mass is 332 g/mol. The van der Waals surface area contributed by atoms with Crippen LogP contribution in [0.15, 0.2) is 16.9 Å². The Morgan fingerprint density at radius 1 is 1.33 bits per heavy atom. The summed E-state index contributed by atoms with van der Waals surface area (Å²) in [6, 6.07) is 0. The highest BCUT2D eigenvalue weighted by Crippen LogP contribution is 2.36. The Bertz CT molecular complexity index is 390. The fourth-order valence-electron chi connectivity index (χ4n) is 1.07. The molecule has 1 aromatic heterocycles. The second-order valence-electron chi connectivity index (χ2n) is 5.85. The number of aliphatic hydroxyl groups excluding tert-OH is 1. The Hall–Kier alpha value is -0.303. The van der Waals surface area contributed by atoms with E-state index in [1.54, 1.807) is 12.4 Å². The number of aliphatic hydroxyl groups is 1. The third-order valence-electron chi connectivity index (χ3n) is 3.35. The van der Waals surface area contributed by atoms with Gasteiger partial charge in [-0.2, -0.15) is 0 Å². The largest absolute Gasteiger partial charge is 0.414 e. The maximum atomic E-state index is 10.00. The Morgan fingerprint density at radius 2 is 1.83 bits per heavy atom. The van der Waals surface area contributed by atoms with E-state index in [1.807, 2.05) is 0 Å². The molecule has 1 N–H and O–H groups in total. The number of halogens is 1. The Balaban J connectivity index is 2.61. The molecular formula is C12H21BrN2O2Si. The van der Waals surface area contributed by atoms with Gasteiger partial charge >= 0.3 is 0 Å². The van der Waals surface area contributed by atoms with E-state index in [2.05, 4.69) is 59.8 Å². The topological polar surface area (TPSA) is 55.2 Å². The molecule has 0 aliphatic rings. The lowest BCUT2D eigenvalue weighted by Crippen LogP contribution is -2.41. The SMILES string of the molecule is CC(C)(C)[Si](C)(C)OCC(O)c1ncc(Br)cn1. The molecule has 0 radical (unpaired) electrons. The van der Waals surface area contributed by atoms with Gasteiger partial charge in [0.1, 0.15) is 6.10 Å². The van der Waals surface area contributed by atoms with E-state index in [1.165, 1.54) is 0 Å². The summed E-state index contributed by atoms with van der Waals surface area (Å²) >= 11 is 3.26. The van der Waals surface area contributed by atoms with Gasteiger partial charge in [-0.1, -0.05) is 20.8 Å². The molecule has 0 aromatic carbocycles. The lowest BCUT2D eigenvalue weighted by molar-refractivity contribution is 0.0932. The van der Waals surface area contributed by atoms with Crippen LogP contribution in [0.1, 0.15) is 32.7 Å². The van der Waals surface area contributed by atoms with Gasteiger partial charge in [-0.25, -0.2) is 9.97 Å². The third kappa shape index (κ3) is 4.12. The van der Waals surface area contributed by atoms with E-state index in [4.69, 9.17) is 4.43 Å². The normalized spacial score (nSPS) is 14.6. The molecule has 0 saturated heterocycles. The predicted octanol–water partition coefficient (Wildman–Crippen LogP) is 3.29. The van der Waals surface area contributed by atoms with E-state index >= 15 is 0 Å². The smallest absolute Gasteiger partial charge is 0.192 e. The molecule has 1 atom stereocenters. The fourth-order valence-corrected chi connectivity index (χ4v) is 2.28. The Morgan fingerprint density at radius 3 is 2.28 bits per heavy atom. The first-order chi connectivity index (χ1) is 8.13. The van der Waals surface area contributed by atoms with Crippen molar-refractivity contribution in [1.29, 1.82) is 0 Å². The molecule has 0 aliphatic carbocycles. The maximum absolute atomic E-state index is 10.00. The second-order valence-corrected chi connectivity index (χ2v) is 11.6. The van der Waals surface area contributed by atoms with Crippen molar-refractivity contribution >= 4 is 24.2 Å². The van der Waals surface area contributed by atoms with Crippen molar-refractivity contribution in [3.05, 3.63) is 22.7 Å². The van der Waals surface area contributed by atoms with Crippen LogP contribution in [0.5, 0.6) is 0 Å². The minimum absolute atomic E-state index is 0.132. The average Bonchev–Trinajstić information content (AvgIpc) is 2.25. The molecule has 4 nitrogen and oxygen atoms in total. The average molecular weight is 333 g/mol. The Kier molecular flexibility index (Phi) is 5.05. The first-order valence-corrected chi connectivity index (χ1v) is 9.63. The molecule has 0 spiro atoms. The highest BCUT2D eigenvalue weighted by Gasteiger charge is 2.37. The maximum Gasteiger partial charge on any atom is 0.192 e. The van der Waals surface area contributed by atoms with Crippen molar-refractivity contribution in [3.8, 4) is 0 Å². The van der Waals surface area contributed by atoms with Crippen molar-refractivity contribution in [2.75, 3.05) is 6.61 Å². The van der Waals surface area contributed by atoms with Crippen molar-refractivity contribution in [2.45, 2.75) is 45.0 Å².